The maximum Gasteiger partial charge on any atom is 0.401 e. The minimum Gasteiger partial charge on any atom is -0.383 e. The van der Waals surface area contributed by atoms with Crippen LogP contribution in [0.4, 0.5) is 13.2 Å². The lowest BCUT2D eigenvalue weighted by molar-refractivity contribution is -0.126. The molecule has 0 aliphatic heterocycles. The van der Waals surface area contributed by atoms with Crippen LogP contribution in [0.1, 0.15) is 0 Å². The highest BCUT2D eigenvalue weighted by Gasteiger charge is 2.27. The average Bonchev–Trinajstić information content (AvgIpc) is 1.96. The van der Waals surface area contributed by atoms with Crippen molar-refractivity contribution in [1.82, 2.24) is 5.32 Å². The largest absolute Gasteiger partial charge is 0.401 e. The Morgan fingerprint density at radius 1 is 1.50 bits per heavy atom. The molecular formula is C6H11ClF3NO. The Hall–Kier alpha value is -0.0000000000000000555. The summed E-state index contributed by atoms with van der Waals surface area (Å²) in [7, 11) is 1.41. The van der Waals surface area contributed by atoms with Crippen molar-refractivity contribution in [2.45, 2.75) is 12.2 Å². The highest BCUT2D eigenvalue weighted by Crippen LogP contribution is 2.12. The third-order valence-corrected chi connectivity index (χ3v) is 1.52. The molecule has 0 rings (SSSR count). The van der Waals surface area contributed by atoms with Gasteiger partial charge in [0.1, 0.15) is 0 Å². The van der Waals surface area contributed by atoms with Gasteiger partial charge in [-0.25, -0.2) is 0 Å². The van der Waals surface area contributed by atoms with Crippen LogP contribution in [0.15, 0.2) is 0 Å². The summed E-state index contributed by atoms with van der Waals surface area (Å²) in [6, 6.07) is -0.446. The second-order valence-electron chi connectivity index (χ2n) is 2.30. The molecule has 0 spiro atoms. The van der Waals surface area contributed by atoms with E-state index in [-0.39, 0.29) is 12.5 Å². The molecule has 1 unspecified atom stereocenters. The molecule has 6 heteroatoms. The molecule has 0 aromatic heterocycles. The molecule has 0 aliphatic rings. The molecule has 1 atom stereocenters. The molecule has 1 N–H and O–H groups in total. The fourth-order valence-corrected chi connectivity index (χ4v) is 0.817. The van der Waals surface area contributed by atoms with Gasteiger partial charge in [0.25, 0.3) is 0 Å². The molecule has 0 heterocycles. The SMILES string of the molecule is COCC(CCl)NCC(F)(F)F. The summed E-state index contributed by atoms with van der Waals surface area (Å²) in [4.78, 5) is 0. The number of alkyl halides is 4. The van der Waals surface area contributed by atoms with Crippen molar-refractivity contribution in [2.75, 3.05) is 26.1 Å². The van der Waals surface area contributed by atoms with Crippen molar-refractivity contribution in [3.8, 4) is 0 Å². The van der Waals surface area contributed by atoms with E-state index in [9.17, 15) is 13.2 Å². The Morgan fingerprint density at radius 3 is 2.42 bits per heavy atom. The van der Waals surface area contributed by atoms with Crippen molar-refractivity contribution in [2.24, 2.45) is 0 Å². The van der Waals surface area contributed by atoms with Crippen LogP contribution in [-0.2, 0) is 4.74 Å². The number of rotatable bonds is 5. The third-order valence-electron chi connectivity index (χ3n) is 1.15. The molecule has 0 bridgehead atoms. The fraction of sp³-hybridized carbons (Fsp3) is 1.00. The van der Waals surface area contributed by atoms with Crippen LogP contribution in [0.3, 0.4) is 0 Å². The topological polar surface area (TPSA) is 21.3 Å². The van der Waals surface area contributed by atoms with E-state index in [0.29, 0.717) is 0 Å². The van der Waals surface area contributed by atoms with Gasteiger partial charge < -0.3 is 10.1 Å². The molecule has 0 saturated carbocycles. The van der Waals surface area contributed by atoms with Gasteiger partial charge in [-0.05, 0) is 0 Å². The summed E-state index contributed by atoms with van der Waals surface area (Å²) in [5.41, 5.74) is 0. The molecule has 0 aromatic rings. The smallest absolute Gasteiger partial charge is 0.383 e. The summed E-state index contributed by atoms with van der Waals surface area (Å²) < 4.78 is 39.6. The Labute approximate surface area is 74.0 Å². The molecule has 0 radical (unpaired) electrons. The molecule has 0 amide bonds. The Balaban J connectivity index is 3.58. The zero-order chi connectivity index (χ0) is 9.61. The van der Waals surface area contributed by atoms with Crippen molar-refractivity contribution in [3.63, 3.8) is 0 Å². The zero-order valence-electron chi connectivity index (χ0n) is 6.62. The lowest BCUT2D eigenvalue weighted by Gasteiger charge is -2.15. The molecule has 0 fully saturated rings. The number of hydrogen-bond acceptors (Lipinski definition) is 2. The number of methoxy groups -OCH3 is 1. The van der Waals surface area contributed by atoms with Gasteiger partial charge in [0.2, 0.25) is 0 Å². The fourth-order valence-electron chi connectivity index (χ4n) is 0.619. The zero-order valence-corrected chi connectivity index (χ0v) is 7.37. The van der Waals surface area contributed by atoms with E-state index in [1.165, 1.54) is 7.11 Å². The van der Waals surface area contributed by atoms with Crippen LogP contribution in [0.25, 0.3) is 0 Å². The number of halogens is 4. The van der Waals surface area contributed by atoms with Gasteiger partial charge in [-0.15, -0.1) is 11.6 Å². The first kappa shape index (κ1) is 12.0. The minimum absolute atomic E-state index is 0.101. The predicted octanol–water partition coefficient (Wildman–Crippen LogP) is 1.39. The lowest BCUT2D eigenvalue weighted by atomic mass is 10.3. The van der Waals surface area contributed by atoms with Gasteiger partial charge in [-0.3, -0.25) is 0 Å². The first-order valence-electron chi connectivity index (χ1n) is 3.34. The van der Waals surface area contributed by atoms with Crippen LogP contribution in [0, 0.1) is 0 Å². The summed E-state index contributed by atoms with van der Waals surface area (Å²) in [6.07, 6.45) is -4.20. The average molecular weight is 206 g/mol. The van der Waals surface area contributed by atoms with Crippen LogP contribution in [0.5, 0.6) is 0 Å². The first-order chi connectivity index (χ1) is 5.49. The maximum atomic E-state index is 11.6. The standard InChI is InChI=1S/C6H11ClF3NO/c1-12-3-5(2-7)11-4-6(8,9)10/h5,11H,2-4H2,1H3. The van der Waals surface area contributed by atoms with E-state index in [1.54, 1.807) is 0 Å². The Bertz CT molecular complexity index is 120. The highest BCUT2D eigenvalue weighted by molar-refractivity contribution is 6.18. The number of ether oxygens (including phenoxy) is 1. The van der Waals surface area contributed by atoms with Gasteiger partial charge in [0.15, 0.2) is 0 Å². The summed E-state index contributed by atoms with van der Waals surface area (Å²) in [5, 5.41) is 2.23. The van der Waals surface area contributed by atoms with Crippen LogP contribution in [-0.4, -0.2) is 38.4 Å². The number of nitrogens with one attached hydrogen (secondary N) is 1. The molecule has 12 heavy (non-hydrogen) atoms. The molecule has 0 aliphatic carbocycles. The van der Waals surface area contributed by atoms with Crippen molar-refractivity contribution >= 4 is 11.6 Å². The van der Waals surface area contributed by atoms with Gasteiger partial charge >= 0.3 is 6.18 Å². The van der Waals surface area contributed by atoms with Gasteiger partial charge in [-0.2, -0.15) is 13.2 Å². The van der Waals surface area contributed by atoms with E-state index in [4.69, 9.17) is 11.6 Å². The Morgan fingerprint density at radius 2 is 2.08 bits per heavy atom. The predicted molar refractivity (Wildman–Crippen MR) is 40.4 cm³/mol. The molecule has 74 valence electrons. The summed E-state index contributed by atoms with van der Waals surface area (Å²) >= 11 is 5.37. The normalized spacial score (nSPS) is 14.8. The lowest BCUT2D eigenvalue weighted by Crippen LogP contribution is -2.40. The summed E-state index contributed by atoms with van der Waals surface area (Å²) in [5.74, 6) is 0.101. The minimum atomic E-state index is -4.20. The molecule has 2 nitrogen and oxygen atoms in total. The van der Waals surface area contributed by atoms with Crippen LogP contribution >= 0.6 is 11.6 Å². The number of hydrogen-bond donors (Lipinski definition) is 1. The second kappa shape index (κ2) is 5.61. The van der Waals surface area contributed by atoms with E-state index in [1.807, 2.05) is 0 Å². The van der Waals surface area contributed by atoms with Gasteiger partial charge in [0, 0.05) is 19.0 Å². The van der Waals surface area contributed by atoms with Crippen LogP contribution in [0.2, 0.25) is 0 Å². The molecular weight excluding hydrogens is 195 g/mol. The molecule has 0 saturated heterocycles. The van der Waals surface area contributed by atoms with Gasteiger partial charge in [0.05, 0.1) is 13.2 Å². The van der Waals surface area contributed by atoms with Gasteiger partial charge in [-0.1, -0.05) is 0 Å². The van der Waals surface area contributed by atoms with Crippen LogP contribution < -0.4 is 5.32 Å². The molecule has 0 aromatic carbocycles. The first-order valence-corrected chi connectivity index (χ1v) is 3.88. The van der Waals surface area contributed by atoms with Crippen molar-refractivity contribution in [3.05, 3.63) is 0 Å². The van der Waals surface area contributed by atoms with E-state index in [0.717, 1.165) is 0 Å². The van der Waals surface area contributed by atoms with E-state index >= 15 is 0 Å². The monoisotopic (exact) mass is 205 g/mol. The van der Waals surface area contributed by atoms with Crippen molar-refractivity contribution < 1.29 is 17.9 Å². The van der Waals surface area contributed by atoms with E-state index in [2.05, 4.69) is 10.1 Å². The third kappa shape index (κ3) is 6.69. The highest BCUT2D eigenvalue weighted by atomic mass is 35.5. The van der Waals surface area contributed by atoms with E-state index < -0.39 is 18.8 Å². The summed E-state index contributed by atoms with van der Waals surface area (Å²) in [6.45, 7) is -0.854. The quantitative estimate of drug-likeness (QED) is 0.685. The second-order valence-corrected chi connectivity index (χ2v) is 2.61. The maximum absolute atomic E-state index is 11.6. The van der Waals surface area contributed by atoms with Crippen molar-refractivity contribution in [1.29, 1.82) is 0 Å². The Kier molecular flexibility index (Phi) is 5.61.